The Bertz CT molecular complexity index is 1040. The van der Waals surface area contributed by atoms with Crippen LogP contribution in [0.4, 0.5) is 10.5 Å². The SMILES string of the molecule is COC(=O)Nc1cc(CS(=O)(=O)/C=C\c2c(OC)cc(OC)cc2OC)ccc1OC. The maximum atomic E-state index is 12.7. The molecule has 0 fully saturated rings. The summed E-state index contributed by atoms with van der Waals surface area (Å²) < 4.78 is 51.0. The van der Waals surface area contributed by atoms with Crippen molar-refractivity contribution in [2.24, 2.45) is 0 Å². The molecule has 0 unspecified atom stereocenters. The number of methoxy groups -OCH3 is 5. The van der Waals surface area contributed by atoms with E-state index in [2.05, 4.69) is 10.1 Å². The van der Waals surface area contributed by atoms with Gasteiger partial charge in [-0.05, 0) is 23.8 Å². The molecule has 9 nitrogen and oxygen atoms in total. The van der Waals surface area contributed by atoms with E-state index in [0.717, 1.165) is 5.41 Å². The largest absolute Gasteiger partial charge is 0.496 e. The monoisotopic (exact) mass is 451 g/mol. The molecule has 2 rings (SSSR count). The molecule has 0 saturated carbocycles. The van der Waals surface area contributed by atoms with E-state index in [0.29, 0.717) is 39.8 Å². The van der Waals surface area contributed by atoms with Crippen molar-refractivity contribution in [1.82, 2.24) is 0 Å². The summed E-state index contributed by atoms with van der Waals surface area (Å²) in [6.45, 7) is 0. The van der Waals surface area contributed by atoms with Gasteiger partial charge in [-0.2, -0.15) is 0 Å². The number of nitrogens with one attached hydrogen (secondary N) is 1. The van der Waals surface area contributed by atoms with Crippen molar-refractivity contribution in [3.05, 3.63) is 46.9 Å². The van der Waals surface area contributed by atoms with E-state index < -0.39 is 15.9 Å². The van der Waals surface area contributed by atoms with Crippen LogP contribution < -0.4 is 24.3 Å². The number of carbonyl (C=O) groups is 1. The van der Waals surface area contributed by atoms with Gasteiger partial charge < -0.3 is 23.7 Å². The lowest BCUT2D eigenvalue weighted by Gasteiger charge is -2.13. The molecule has 2 aromatic carbocycles. The zero-order chi connectivity index (χ0) is 23.0. The summed E-state index contributed by atoms with van der Waals surface area (Å²) in [5.41, 5.74) is 1.20. The summed E-state index contributed by atoms with van der Waals surface area (Å²) in [6, 6.07) is 7.93. The number of carbonyl (C=O) groups excluding carboxylic acids is 1. The van der Waals surface area contributed by atoms with Crippen molar-refractivity contribution in [3.8, 4) is 23.0 Å². The third-order valence-corrected chi connectivity index (χ3v) is 5.54. The first kappa shape index (κ1) is 23.9. The molecule has 168 valence electrons. The van der Waals surface area contributed by atoms with Crippen LogP contribution in [-0.2, 0) is 20.3 Å². The van der Waals surface area contributed by atoms with Gasteiger partial charge in [-0.25, -0.2) is 13.2 Å². The molecule has 0 aliphatic carbocycles. The van der Waals surface area contributed by atoms with Crippen LogP contribution in [0, 0.1) is 0 Å². The van der Waals surface area contributed by atoms with Crippen LogP contribution in [0.25, 0.3) is 6.08 Å². The van der Waals surface area contributed by atoms with Gasteiger partial charge in [-0.3, -0.25) is 5.32 Å². The fraction of sp³-hybridized carbons (Fsp3) is 0.286. The molecule has 0 aliphatic heterocycles. The summed E-state index contributed by atoms with van der Waals surface area (Å²) in [4.78, 5) is 11.5. The Kier molecular flexibility index (Phi) is 8.14. The number of anilines is 1. The highest BCUT2D eigenvalue weighted by molar-refractivity contribution is 7.93. The smallest absolute Gasteiger partial charge is 0.411 e. The number of amides is 1. The van der Waals surface area contributed by atoms with Gasteiger partial charge in [0, 0.05) is 17.5 Å². The predicted octanol–water partition coefficient (Wildman–Crippen LogP) is 3.49. The van der Waals surface area contributed by atoms with Crippen molar-refractivity contribution in [1.29, 1.82) is 0 Å². The minimum atomic E-state index is -3.68. The first-order valence-electron chi connectivity index (χ1n) is 8.99. The summed E-state index contributed by atoms with van der Waals surface area (Å²) in [7, 11) is 3.42. The fourth-order valence-corrected chi connectivity index (χ4v) is 3.84. The van der Waals surface area contributed by atoms with Crippen molar-refractivity contribution in [2.75, 3.05) is 40.9 Å². The summed E-state index contributed by atoms with van der Waals surface area (Å²) in [5.74, 6) is 1.38. The molecule has 0 saturated heterocycles. The molecule has 1 N–H and O–H groups in total. The van der Waals surface area contributed by atoms with Gasteiger partial charge in [0.1, 0.15) is 23.0 Å². The normalized spacial score (nSPS) is 11.1. The highest BCUT2D eigenvalue weighted by Gasteiger charge is 2.15. The number of sulfone groups is 1. The zero-order valence-corrected chi connectivity index (χ0v) is 18.7. The molecular formula is C21H25NO8S. The molecule has 0 atom stereocenters. The van der Waals surface area contributed by atoms with Gasteiger partial charge in [0.15, 0.2) is 9.84 Å². The van der Waals surface area contributed by atoms with E-state index in [1.165, 1.54) is 47.7 Å². The Morgan fingerprint density at radius 3 is 2.03 bits per heavy atom. The molecular weight excluding hydrogens is 426 g/mol. The van der Waals surface area contributed by atoms with Crippen LogP contribution in [0.5, 0.6) is 23.0 Å². The number of ether oxygens (including phenoxy) is 5. The number of hydrogen-bond donors (Lipinski definition) is 1. The Labute approximate surface area is 181 Å². The topological polar surface area (TPSA) is 109 Å². The van der Waals surface area contributed by atoms with E-state index in [1.54, 1.807) is 24.3 Å². The minimum absolute atomic E-state index is 0.296. The number of hydrogen-bond acceptors (Lipinski definition) is 8. The van der Waals surface area contributed by atoms with Crippen LogP contribution in [0.2, 0.25) is 0 Å². The average Bonchev–Trinajstić information content (AvgIpc) is 2.76. The maximum absolute atomic E-state index is 12.7. The maximum Gasteiger partial charge on any atom is 0.411 e. The summed E-state index contributed by atoms with van der Waals surface area (Å²) >= 11 is 0. The Balaban J connectivity index is 2.33. The van der Waals surface area contributed by atoms with Crippen LogP contribution in [0.3, 0.4) is 0 Å². The lowest BCUT2D eigenvalue weighted by Crippen LogP contribution is -2.12. The van der Waals surface area contributed by atoms with E-state index in [9.17, 15) is 13.2 Å². The van der Waals surface area contributed by atoms with Crippen molar-refractivity contribution < 1.29 is 36.9 Å². The Hall–Kier alpha value is -3.40. The standard InChI is InChI=1S/C21H25NO8S/c1-26-15-11-19(28-3)16(20(12-15)29-4)8-9-31(24,25)13-14-6-7-18(27-2)17(10-14)22-21(23)30-5/h6-12H,13H2,1-5H3,(H,22,23)/b9-8-. The first-order valence-corrected chi connectivity index (χ1v) is 10.7. The quantitative estimate of drug-likeness (QED) is 0.617. The average molecular weight is 451 g/mol. The number of rotatable bonds is 9. The van der Waals surface area contributed by atoms with E-state index in [4.69, 9.17) is 18.9 Å². The van der Waals surface area contributed by atoms with Crippen molar-refractivity contribution >= 4 is 27.7 Å². The third-order valence-electron chi connectivity index (χ3n) is 4.25. The zero-order valence-electron chi connectivity index (χ0n) is 17.9. The minimum Gasteiger partial charge on any atom is -0.496 e. The Morgan fingerprint density at radius 2 is 1.52 bits per heavy atom. The lowest BCUT2D eigenvalue weighted by molar-refractivity contribution is 0.187. The molecule has 0 aliphatic rings. The molecule has 0 aromatic heterocycles. The number of benzene rings is 2. The predicted molar refractivity (Wildman–Crippen MR) is 117 cm³/mol. The van der Waals surface area contributed by atoms with Gasteiger partial charge >= 0.3 is 6.09 Å². The van der Waals surface area contributed by atoms with Gasteiger partial charge in [0.05, 0.1) is 52.6 Å². The molecule has 0 radical (unpaired) electrons. The van der Waals surface area contributed by atoms with Crippen molar-refractivity contribution in [2.45, 2.75) is 5.75 Å². The van der Waals surface area contributed by atoms with Gasteiger partial charge in [0.25, 0.3) is 0 Å². The second-order valence-electron chi connectivity index (χ2n) is 6.21. The summed E-state index contributed by atoms with van der Waals surface area (Å²) in [6.07, 6.45) is 0.709. The van der Waals surface area contributed by atoms with Crippen LogP contribution in [0.15, 0.2) is 35.7 Å². The molecule has 0 bridgehead atoms. The second kappa shape index (κ2) is 10.6. The molecule has 31 heavy (non-hydrogen) atoms. The second-order valence-corrected chi connectivity index (χ2v) is 8.09. The fourth-order valence-electron chi connectivity index (χ4n) is 2.75. The van der Waals surface area contributed by atoms with Crippen LogP contribution in [0.1, 0.15) is 11.1 Å². The first-order chi connectivity index (χ1) is 14.8. The van der Waals surface area contributed by atoms with E-state index in [-0.39, 0.29) is 5.75 Å². The van der Waals surface area contributed by atoms with Crippen LogP contribution in [-0.4, -0.2) is 50.1 Å². The van der Waals surface area contributed by atoms with Crippen molar-refractivity contribution in [3.63, 3.8) is 0 Å². The molecule has 0 heterocycles. The van der Waals surface area contributed by atoms with Gasteiger partial charge in [-0.1, -0.05) is 6.07 Å². The van der Waals surface area contributed by atoms with E-state index in [1.807, 2.05) is 0 Å². The molecule has 2 aromatic rings. The Morgan fingerprint density at radius 1 is 0.903 bits per heavy atom. The molecule has 0 spiro atoms. The molecule has 10 heteroatoms. The highest BCUT2D eigenvalue weighted by atomic mass is 32.2. The summed E-state index contributed by atoms with van der Waals surface area (Å²) in [5, 5.41) is 3.57. The molecule has 1 amide bonds. The van der Waals surface area contributed by atoms with E-state index >= 15 is 0 Å². The third kappa shape index (κ3) is 6.29. The highest BCUT2D eigenvalue weighted by Crippen LogP contribution is 2.35. The lowest BCUT2D eigenvalue weighted by atomic mass is 10.1. The van der Waals surface area contributed by atoms with Crippen LogP contribution >= 0.6 is 0 Å². The van der Waals surface area contributed by atoms with Gasteiger partial charge in [0.2, 0.25) is 0 Å². The van der Waals surface area contributed by atoms with Gasteiger partial charge in [-0.15, -0.1) is 0 Å².